The SMILES string of the molecule is CCN(CC)C(=O)c1cccc(NC(=O)CSc2ccc(C)cc2)c1. The molecule has 1 N–H and O–H groups in total. The van der Waals surface area contributed by atoms with Gasteiger partial charge in [-0.3, -0.25) is 9.59 Å². The van der Waals surface area contributed by atoms with Crippen LogP contribution in [-0.2, 0) is 4.79 Å². The van der Waals surface area contributed by atoms with Gasteiger partial charge in [0.15, 0.2) is 0 Å². The fourth-order valence-corrected chi connectivity index (χ4v) is 3.10. The van der Waals surface area contributed by atoms with Crippen LogP contribution >= 0.6 is 11.8 Å². The highest BCUT2D eigenvalue weighted by atomic mass is 32.2. The van der Waals surface area contributed by atoms with Crippen LogP contribution in [0.1, 0.15) is 29.8 Å². The van der Waals surface area contributed by atoms with Crippen LogP contribution in [0.5, 0.6) is 0 Å². The van der Waals surface area contributed by atoms with E-state index in [1.807, 2.05) is 45.0 Å². The van der Waals surface area contributed by atoms with Crippen molar-refractivity contribution in [3.63, 3.8) is 0 Å². The number of benzene rings is 2. The van der Waals surface area contributed by atoms with Gasteiger partial charge < -0.3 is 10.2 Å². The second-order valence-corrected chi connectivity index (χ2v) is 6.76. The molecule has 0 aromatic heterocycles. The van der Waals surface area contributed by atoms with E-state index in [-0.39, 0.29) is 11.8 Å². The number of carbonyl (C=O) groups excluding carboxylic acids is 2. The normalized spacial score (nSPS) is 10.4. The van der Waals surface area contributed by atoms with Gasteiger partial charge >= 0.3 is 0 Å². The van der Waals surface area contributed by atoms with Crippen LogP contribution in [0.15, 0.2) is 53.4 Å². The molecule has 5 heteroatoms. The average molecular weight is 356 g/mol. The molecule has 0 radical (unpaired) electrons. The summed E-state index contributed by atoms with van der Waals surface area (Å²) in [6, 6.07) is 15.2. The van der Waals surface area contributed by atoms with Crippen LogP contribution in [0.25, 0.3) is 0 Å². The van der Waals surface area contributed by atoms with Gasteiger partial charge in [0.2, 0.25) is 5.91 Å². The monoisotopic (exact) mass is 356 g/mol. The highest BCUT2D eigenvalue weighted by molar-refractivity contribution is 8.00. The highest BCUT2D eigenvalue weighted by Crippen LogP contribution is 2.19. The average Bonchev–Trinajstić information content (AvgIpc) is 2.62. The summed E-state index contributed by atoms with van der Waals surface area (Å²) >= 11 is 1.49. The first-order valence-electron chi connectivity index (χ1n) is 8.42. The summed E-state index contributed by atoms with van der Waals surface area (Å²) in [7, 11) is 0. The molecule has 0 bridgehead atoms. The molecule has 132 valence electrons. The molecule has 25 heavy (non-hydrogen) atoms. The summed E-state index contributed by atoms with van der Waals surface area (Å²) < 4.78 is 0. The van der Waals surface area contributed by atoms with Crippen molar-refractivity contribution in [3.8, 4) is 0 Å². The Bertz CT molecular complexity index is 725. The van der Waals surface area contributed by atoms with E-state index in [4.69, 9.17) is 0 Å². The number of thioether (sulfide) groups is 1. The molecule has 0 atom stereocenters. The van der Waals surface area contributed by atoms with Gasteiger partial charge in [0.05, 0.1) is 5.75 Å². The van der Waals surface area contributed by atoms with Gasteiger partial charge in [-0.1, -0.05) is 23.8 Å². The van der Waals surface area contributed by atoms with Gasteiger partial charge in [0.25, 0.3) is 5.91 Å². The Morgan fingerprint density at radius 3 is 2.36 bits per heavy atom. The fourth-order valence-electron chi connectivity index (χ4n) is 2.40. The van der Waals surface area contributed by atoms with Crippen LogP contribution in [0.3, 0.4) is 0 Å². The molecule has 0 fully saturated rings. The first-order chi connectivity index (χ1) is 12.0. The van der Waals surface area contributed by atoms with Gasteiger partial charge in [-0.15, -0.1) is 11.8 Å². The minimum atomic E-state index is -0.0852. The van der Waals surface area contributed by atoms with E-state index in [1.54, 1.807) is 29.2 Å². The Kier molecular flexibility index (Phi) is 7.07. The van der Waals surface area contributed by atoms with E-state index in [1.165, 1.54) is 17.3 Å². The van der Waals surface area contributed by atoms with Crippen LogP contribution in [0.4, 0.5) is 5.69 Å². The lowest BCUT2D eigenvalue weighted by atomic mass is 10.1. The molecule has 0 saturated carbocycles. The third-order valence-electron chi connectivity index (χ3n) is 3.83. The number of carbonyl (C=O) groups is 2. The smallest absolute Gasteiger partial charge is 0.253 e. The Hall–Kier alpha value is -2.27. The lowest BCUT2D eigenvalue weighted by Crippen LogP contribution is -2.30. The van der Waals surface area contributed by atoms with Gasteiger partial charge in [-0.2, -0.15) is 0 Å². The first-order valence-corrected chi connectivity index (χ1v) is 9.40. The van der Waals surface area contributed by atoms with Crippen LogP contribution in [0.2, 0.25) is 0 Å². The van der Waals surface area contributed by atoms with Crippen molar-refractivity contribution in [1.29, 1.82) is 0 Å². The van der Waals surface area contributed by atoms with Crippen molar-refractivity contribution in [2.45, 2.75) is 25.7 Å². The molecule has 0 saturated heterocycles. The molecule has 0 heterocycles. The van der Waals surface area contributed by atoms with E-state index in [2.05, 4.69) is 5.32 Å². The van der Waals surface area contributed by atoms with E-state index in [0.717, 1.165) is 4.90 Å². The maximum atomic E-state index is 12.4. The molecule has 2 amide bonds. The molecule has 0 spiro atoms. The molecule has 2 aromatic carbocycles. The third-order valence-corrected chi connectivity index (χ3v) is 4.85. The van der Waals surface area contributed by atoms with E-state index in [9.17, 15) is 9.59 Å². The maximum absolute atomic E-state index is 12.4. The van der Waals surface area contributed by atoms with E-state index in [0.29, 0.717) is 30.1 Å². The van der Waals surface area contributed by atoms with Crippen molar-refractivity contribution in [2.75, 3.05) is 24.2 Å². The fraction of sp³-hybridized carbons (Fsp3) is 0.300. The zero-order valence-corrected chi connectivity index (χ0v) is 15.7. The standard InChI is InChI=1S/C20H24N2O2S/c1-4-22(5-2)20(24)16-7-6-8-17(13-16)21-19(23)14-25-18-11-9-15(3)10-12-18/h6-13H,4-5,14H2,1-3H3,(H,21,23). The summed E-state index contributed by atoms with van der Waals surface area (Å²) in [5, 5.41) is 2.86. The zero-order chi connectivity index (χ0) is 18.2. The van der Waals surface area contributed by atoms with Crippen molar-refractivity contribution in [2.24, 2.45) is 0 Å². The molecular weight excluding hydrogens is 332 g/mol. The largest absolute Gasteiger partial charge is 0.339 e. The summed E-state index contributed by atoms with van der Waals surface area (Å²) in [5.74, 6) is 0.227. The Morgan fingerprint density at radius 1 is 1.04 bits per heavy atom. The molecule has 0 aliphatic rings. The second kappa shape index (κ2) is 9.28. The van der Waals surface area contributed by atoms with Crippen LogP contribution < -0.4 is 5.32 Å². The second-order valence-electron chi connectivity index (χ2n) is 5.71. The number of aryl methyl sites for hydroxylation is 1. The lowest BCUT2D eigenvalue weighted by Gasteiger charge is -2.19. The predicted octanol–water partition coefficient (Wildman–Crippen LogP) is 4.21. The van der Waals surface area contributed by atoms with Gasteiger partial charge in [-0.05, 0) is 51.1 Å². The van der Waals surface area contributed by atoms with Crippen molar-refractivity contribution in [1.82, 2.24) is 4.90 Å². The number of anilines is 1. The molecular formula is C20H24N2O2S. The quantitative estimate of drug-likeness (QED) is 0.756. The predicted molar refractivity (Wildman–Crippen MR) is 104 cm³/mol. The molecule has 2 rings (SSSR count). The number of rotatable bonds is 7. The minimum Gasteiger partial charge on any atom is -0.339 e. The number of nitrogens with zero attached hydrogens (tertiary/aromatic N) is 1. The van der Waals surface area contributed by atoms with Crippen LogP contribution in [-0.4, -0.2) is 35.6 Å². The van der Waals surface area contributed by atoms with Gasteiger partial charge in [0, 0.05) is 29.2 Å². The minimum absolute atomic E-state index is 0.0184. The topological polar surface area (TPSA) is 49.4 Å². The molecule has 0 unspecified atom stereocenters. The molecule has 0 aliphatic heterocycles. The summed E-state index contributed by atoms with van der Waals surface area (Å²) in [6.07, 6.45) is 0. The van der Waals surface area contributed by atoms with Crippen molar-refractivity contribution >= 4 is 29.3 Å². The van der Waals surface area contributed by atoms with Crippen molar-refractivity contribution < 1.29 is 9.59 Å². The summed E-state index contributed by atoms with van der Waals surface area (Å²) in [4.78, 5) is 27.4. The Balaban J connectivity index is 1.95. The molecule has 4 nitrogen and oxygen atoms in total. The number of hydrogen-bond acceptors (Lipinski definition) is 3. The Morgan fingerprint density at radius 2 is 1.72 bits per heavy atom. The van der Waals surface area contributed by atoms with E-state index < -0.39 is 0 Å². The first kappa shape index (κ1) is 19.1. The summed E-state index contributed by atoms with van der Waals surface area (Å²) in [6.45, 7) is 7.27. The maximum Gasteiger partial charge on any atom is 0.253 e. The van der Waals surface area contributed by atoms with Gasteiger partial charge in [0.1, 0.15) is 0 Å². The summed E-state index contributed by atoms with van der Waals surface area (Å²) in [5.41, 5.74) is 2.43. The third kappa shape index (κ3) is 5.64. The lowest BCUT2D eigenvalue weighted by molar-refractivity contribution is -0.113. The highest BCUT2D eigenvalue weighted by Gasteiger charge is 2.13. The zero-order valence-electron chi connectivity index (χ0n) is 14.9. The Labute approximate surface area is 153 Å². The van der Waals surface area contributed by atoms with E-state index >= 15 is 0 Å². The van der Waals surface area contributed by atoms with Crippen molar-refractivity contribution in [3.05, 3.63) is 59.7 Å². The molecule has 2 aromatic rings. The molecule has 0 aliphatic carbocycles. The number of hydrogen-bond donors (Lipinski definition) is 1. The van der Waals surface area contributed by atoms with Crippen LogP contribution in [0, 0.1) is 6.92 Å². The number of nitrogens with one attached hydrogen (secondary N) is 1. The van der Waals surface area contributed by atoms with Gasteiger partial charge in [-0.25, -0.2) is 0 Å². The number of amides is 2.